The maximum atomic E-state index is 12.8. The average molecular weight is 343 g/mol. The maximum Gasteiger partial charge on any atom is 0.416 e. The topological polar surface area (TPSA) is 38.1 Å². The van der Waals surface area contributed by atoms with E-state index in [-0.39, 0.29) is 31.0 Å². The van der Waals surface area contributed by atoms with Gasteiger partial charge in [-0.15, -0.1) is 0 Å². The molecule has 0 saturated carbocycles. The van der Waals surface area contributed by atoms with Crippen LogP contribution in [0.4, 0.5) is 18.9 Å². The molecule has 1 amide bonds. The van der Waals surface area contributed by atoms with Crippen molar-refractivity contribution < 1.29 is 18.0 Å². The summed E-state index contributed by atoms with van der Waals surface area (Å²) in [5.41, 5.74) is 0.328. The van der Waals surface area contributed by atoms with Gasteiger partial charge in [0.1, 0.15) is 5.69 Å². The molecule has 1 atom stereocenters. The first kappa shape index (κ1) is 17.4. The standard InChI is InChI=1S/C15H14F3N3O.H2S/c1-9-7-11(3-4-12(9)15(16,17)18)20-8-10(2)21-13(14(20)22)5-6-19-21;/h3-7,10H,8H2,1-2H3;1H2/t10-;/m0./s1. The third kappa shape index (κ3) is 2.95. The molecule has 8 heteroatoms. The number of anilines is 1. The summed E-state index contributed by atoms with van der Waals surface area (Å²) in [7, 11) is 0. The van der Waals surface area contributed by atoms with Gasteiger partial charge in [0.05, 0.1) is 11.6 Å². The Morgan fingerprint density at radius 1 is 1.26 bits per heavy atom. The molecule has 0 bridgehead atoms. The number of nitrogens with zero attached hydrogens (tertiary/aromatic N) is 3. The highest BCUT2D eigenvalue weighted by Crippen LogP contribution is 2.34. The number of hydrogen-bond donors (Lipinski definition) is 0. The number of aromatic nitrogens is 2. The molecule has 0 N–H and O–H groups in total. The minimum Gasteiger partial charge on any atom is -0.305 e. The second-order valence-corrected chi connectivity index (χ2v) is 5.42. The Bertz CT molecular complexity index is 742. The number of carbonyl (C=O) groups is 1. The van der Waals surface area contributed by atoms with Gasteiger partial charge in [-0.2, -0.15) is 31.8 Å². The molecule has 2 aromatic rings. The quantitative estimate of drug-likeness (QED) is 0.794. The highest BCUT2D eigenvalue weighted by molar-refractivity contribution is 7.59. The number of carbonyl (C=O) groups excluding carboxylic acids is 1. The minimum absolute atomic E-state index is 0. The summed E-state index contributed by atoms with van der Waals surface area (Å²) in [6, 6.07) is 5.34. The van der Waals surface area contributed by atoms with Gasteiger partial charge in [0.2, 0.25) is 0 Å². The second-order valence-electron chi connectivity index (χ2n) is 5.42. The summed E-state index contributed by atoms with van der Waals surface area (Å²) in [5, 5.41) is 4.10. The van der Waals surface area contributed by atoms with Crippen LogP contribution in [0.15, 0.2) is 30.5 Å². The predicted molar refractivity (Wildman–Crippen MR) is 85.2 cm³/mol. The van der Waals surface area contributed by atoms with Crippen LogP contribution in [0.1, 0.15) is 34.6 Å². The van der Waals surface area contributed by atoms with Crippen molar-refractivity contribution >= 4 is 25.1 Å². The molecule has 1 aliphatic heterocycles. The van der Waals surface area contributed by atoms with Gasteiger partial charge in [0.15, 0.2) is 0 Å². The fraction of sp³-hybridized carbons (Fsp3) is 0.333. The molecule has 0 aliphatic carbocycles. The molecule has 0 saturated heterocycles. The van der Waals surface area contributed by atoms with Gasteiger partial charge in [-0.05, 0) is 43.7 Å². The van der Waals surface area contributed by atoms with E-state index in [1.165, 1.54) is 24.0 Å². The molecule has 0 spiro atoms. The number of fused-ring (bicyclic) bond motifs is 1. The van der Waals surface area contributed by atoms with Crippen LogP contribution in [0.3, 0.4) is 0 Å². The van der Waals surface area contributed by atoms with E-state index in [1.54, 1.807) is 16.9 Å². The molecule has 0 fully saturated rings. The molecular formula is C15H16F3N3OS. The predicted octanol–water partition coefficient (Wildman–Crippen LogP) is 3.54. The number of hydrogen-bond acceptors (Lipinski definition) is 2. The lowest BCUT2D eigenvalue weighted by Crippen LogP contribution is -2.42. The fourth-order valence-electron chi connectivity index (χ4n) is 2.75. The Morgan fingerprint density at radius 2 is 1.96 bits per heavy atom. The first-order chi connectivity index (χ1) is 10.3. The highest BCUT2D eigenvalue weighted by Gasteiger charge is 2.34. The van der Waals surface area contributed by atoms with Gasteiger partial charge >= 0.3 is 6.18 Å². The summed E-state index contributed by atoms with van der Waals surface area (Å²) in [4.78, 5) is 14.0. The van der Waals surface area contributed by atoms with Crippen molar-refractivity contribution in [2.24, 2.45) is 0 Å². The fourth-order valence-corrected chi connectivity index (χ4v) is 2.75. The maximum absolute atomic E-state index is 12.8. The summed E-state index contributed by atoms with van der Waals surface area (Å²) in [6.45, 7) is 3.68. The van der Waals surface area contributed by atoms with Crippen LogP contribution in [-0.4, -0.2) is 22.2 Å². The SMILES string of the molecule is Cc1cc(N2C[C@H](C)n3nccc3C2=O)ccc1C(F)(F)F.S. The molecule has 2 heterocycles. The summed E-state index contributed by atoms with van der Waals surface area (Å²) in [6.07, 6.45) is -2.84. The molecule has 23 heavy (non-hydrogen) atoms. The van der Waals surface area contributed by atoms with Crippen molar-refractivity contribution in [2.75, 3.05) is 11.4 Å². The average Bonchev–Trinajstić information content (AvgIpc) is 2.91. The van der Waals surface area contributed by atoms with Gasteiger partial charge < -0.3 is 4.90 Å². The van der Waals surface area contributed by atoms with Crippen molar-refractivity contribution in [3.8, 4) is 0 Å². The number of halogens is 3. The number of alkyl halides is 3. The van der Waals surface area contributed by atoms with Crippen molar-refractivity contribution in [3.05, 3.63) is 47.3 Å². The lowest BCUT2D eigenvalue weighted by molar-refractivity contribution is -0.138. The van der Waals surface area contributed by atoms with E-state index in [4.69, 9.17) is 0 Å². The normalized spacial score (nSPS) is 17.7. The van der Waals surface area contributed by atoms with Gasteiger partial charge in [-0.1, -0.05) is 0 Å². The molecule has 1 aromatic heterocycles. The third-order valence-corrected chi connectivity index (χ3v) is 3.83. The molecule has 1 aliphatic rings. The van der Waals surface area contributed by atoms with Crippen LogP contribution in [0.25, 0.3) is 0 Å². The van der Waals surface area contributed by atoms with Crippen LogP contribution >= 0.6 is 13.5 Å². The molecule has 3 rings (SSSR count). The molecule has 1 aromatic carbocycles. The lowest BCUT2D eigenvalue weighted by Gasteiger charge is -2.32. The second kappa shape index (κ2) is 5.92. The zero-order valence-corrected chi connectivity index (χ0v) is 13.6. The van der Waals surface area contributed by atoms with E-state index in [9.17, 15) is 18.0 Å². The first-order valence-electron chi connectivity index (χ1n) is 6.82. The third-order valence-electron chi connectivity index (χ3n) is 3.83. The number of aryl methyl sites for hydroxylation is 1. The number of amides is 1. The van der Waals surface area contributed by atoms with Crippen molar-refractivity contribution in [2.45, 2.75) is 26.1 Å². The Hall–Kier alpha value is -1.96. The number of rotatable bonds is 1. The Labute approximate surface area is 138 Å². The monoisotopic (exact) mass is 343 g/mol. The van der Waals surface area contributed by atoms with Crippen LogP contribution in [0, 0.1) is 6.92 Å². The molecular weight excluding hydrogens is 327 g/mol. The van der Waals surface area contributed by atoms with Crippen LogP contribution in [0.5, 0.6) is 0 Å². The summed E-state index contributed by atoms with van der Waals surface area (Å²) < 4.78 is 40.1. The molecule has 4 nitrogen and oxygen atoms in total. The van der Waals surface area contributed by atoms with E-state index in [0.717, 1.165) is 6.07 Å². The van der Waals surface area contributed by atoms with Crippen LogP contribution < -0.4 is 4.90 Å². The zero-order chi connectivity index (χ0) is 16.1. The van der Waals surface area contributed by atoms with Crippen molar-refractivity contribution in [1.82, 2.24) is 9.78 Å². The van der Waals surface area contributed by atoms with E-state index in [0.29, 0.717) is 17.9 Å². The van der Waals surface area contributed by atoms with Gasteiger partial charge in [-0.3, -0.25) is 9.48 Å². The summed E-state index contributed by atoms with van der Waals surface area (Å²) >= 11 is 0. The summed E-state index contributed by atoms with van der Waals surface area (Å²) in [5.74, 6) is -0.255. The molecule has 0 radical (unpaired) electrons. The van der Waals surface area contributed by atoms with Gasteiger partial charge in [0.25, 0.3) is 5.91 Å². The Morgan fingerprint density at radius 3 is 2.57 bits per heavy atom. The van der Waals surface area contributed by atoms with Crippen LogP contribution in [-0.2, 0) is 6.18 Å². The highest BCUT2D eigenvalue weighted by atomic mass is 32.1. The lowest BCUT2D eigenvalue weighted by atomic mass is 10.1. The Balaban J connectivity index is 0.00000192. The van der Waals surface area contributed by atoms with Crippen LogP contribution in [0.2, 0.25) is 0 Å². The van der Waals surface area contributed by atoms with E-state index >= 15 is 0 Å². The van der Waals surface area contributed by atoms with Crippen molar-refractivity contribution in [3.63, 3.8) is 0 Å². The Kier molecular flexibility index (Phi) is 4.48. The van der Waals surface area contributed by atoms with Gasteiger partial charge in [-0.25, -0.2) is 0 Å². The zero-order valence-electron chi connectivity index (χ0n) is 12.6. The van der Waals surface area contributed by atoms with Gasteiger partial charge in [0, 0.05) is 18.4 Å². The smallest absolute Gasteiger partial charge is 0.305 e. The first-order valence-corrected chi connectivity index (χ1v) is 6.82. The van der Waals surface area contributed by atoms with E-state index in [1.807, 2.05) is 6.92 Å². The largest absolute Gasteiger partial charge is 0.416 e. The minimum atomic E-state index is -4.39. The van der Waals surface area contributed by atoms with E-state index in [2.05, 4.69) is 5.10 Å². The number of benzene rings is 1. The molecule has 124 valence electrons. The van der Waals surface area contributed by atoms with Crippen molar-refractivity contribution in [1.29, 1.82) is 0 Å². The van der Waals surface area contributed by atoms with E-state index < -0.39 is 11.7 Å². The molecule has 0 unspecified atom stereocenters.